The summed E-state index contributed by atoms with van der Waals surface area (Å²) in [7, 11) is -3.39. The summed E-state index contributed by atoms with van der Waals surface area (Å²) in [6.07, 6.45) is 2.86. The van der Waals surface area contributed by atoms with Gasteiger partial charge in [-0.05, 0) is 43.9 Å². The fourth-order valence-electron chi connectivity index (χ4n) is 3.50. The molecule has 0 aromatic heterocycles. The highest BCUT2D eigenvalue weighted by Gasteiger charge is 2.40. The monoisotopic (exact) mass is 304 g/mol. The van der Waals surface area contributed by atoms with Crippen LogP contribution in [0.25, 0.3) is 0 Å². The van der Waals surface area contributed by atoms with Crippen molar-refractivity contribution in [2.45, 2.75) is 46.1 Å². The standard InChI is InChI=1S/C14H28N2O3S/c1-11-7-12(2)13(3)16(8-11)20(18,19)15-6-4-5-14(9-15)10-17/h11-14,17H,4-10H2,1-3H3. The third-order valence-corrected chi connectivity index (χ3v) is 6.96. The average Bonchev–Trinajstić information content (AvgIpc) is 2.42. The van der Waals surface area contributed by atoms with Gasteiger partial charge < -0.3 is 5.11 Å². The van der Waals surface area contributed by atoms with Crippen molar-refractivity contribution in [3.63, 3.8) is 0 Å². The molecule has 2 saturated heterocycles. The quantitative estimate of drug-likeness (QED) is 0.855. The van der Waals surface area contributed by atoms with Crippen molar-refractivity contribution in [3.05, 3.63) is 0 Å². The van der Waals surface area contributed by atoms with Crippen LogP contribution < -0.4 is 0 Å². The van der Waals surface area contributed by atoms with E-state index in [0.29, 0.717) is 31.5 Å². The Morgan fingerprint density at radius 1 is 1.20 bits per heavy atom. The summed E-state index contributed by atoms with van der Waals surface area (Å²) in [6.45, 7) is 8.02. The van der Waals surface area contributed by atoms with Crippen molar-refractivity contribution in [1.29, 1.82) is 0 Å². The van der Waals surface area contributed by atoms with Gasteiger partial charge in [0.2, 0.25) is 0 Å². The summed E-state index contributed by atoms with van der Waals surface area (Å²) in [5.74, 6) is 0.898. The fraction of sp³-hybridized carbons (Fsp3) is 1.00. The van der Waals surface area contributed by atoms with Crippen molar-refractivity contribution < 1.29 is 13.5 Å². The van der Waals surface area contributed by atoms with Crippen molar-refractivity contribution >= 4 is 10.2 Å². The third kappa shape index (κ3) is 3.18. The highest BCUT2D eigenvalue weighted by molar-refractivity contribution is 7.86. The van der Waals surface area contributed by atoms with Gasteiger partial charge in [-0.25, -0.2) is 0 Å². The largest absolute Gasteiger partial charge is 0.396 e. The average molecular weight is 304 g/mol. The SMILES string of the molecule is CC1CC(C)C(C)N(S(=O)(=O)N2CCCC(CO)C2)C1. The molecular weight excluding hydrogens is 276 g/mol. The van der Waals surface area contributed by atoms with Crippen LogP contribution in [0.2, 0.25) is 0 Å². The Balaban J connectivity index is 2.16. The van der Waals surface area contributed by atoms with E-state index in [1.165, 1.54) is 0 Å². The first kappa shape index (κ1) is 16.2. The first-order valence-corrected chi connectivity index (χ1v) is 9.13. The van der Waals surface area contributed by atoms with Crippen LogP contribution >= 0.6 is 0 Å². The van der Waals surface area contributed by atoms with E-state index < -0.39 is 10.2 Å². The van der Waals surface area contributed by atoms with E-state index >= 15 is 0 Å². The molecule has 2 heterocycles. The molecule has 4 atom stereocenters. The molecule has 0 radical (unpaired) electrons. The maximum atomic E-state index is 12.9. The van der Waals surface area contributed by atoms with Gasteiger partial charge in [0.15, 0.2) is 0 Å². The summed E-state index contributed by atoms with van der Waals surface area (Å²) >= 11 is 0. The topological polar surface area (TPSA) is 60.9 Å². The van der Waals surface area contributed by atoms with Crippen LogP contribution in [0.3, 0.4) is 0 Å². The lowest BCUT2D eigenvalue weighted by molar-refractivity contribution is 0.130. The molecule has 118 valence electrons. The zero-order valence-electron chi connectivity index (χ0n) is 12.8. The van der Waals surface area contributed by atoms with E-state index in [9.17, 15) is 13.5 Å². The minimum absolute atomic E-state index is 0.0608. The molecule has 0 aromatic carbocycles. The summed E-state index contributed by atoms with van der Waals surface area (Å²) in [5.41, 5.74) is 0. The number of hydrogen-bond acceptors (Lipinski definition) is 3. The summed E-state index contributed by atoms with van der Waals surface area (Å²) in [6, 6.07) is 0.0608. The lowest BCUT2D eigenvalue weighted by atomic mass is 9.88. The summed E-state index contributed by atoms with van der Waals surface area (Å²) in [4.78, 5) is 0. The predicted molar refractivity (Wildman–Crippen MR) is 79.4 cm³/mol. The highest BCUT2D eigenvalue weighted by Crippen LogP contribution is 2.31. The molecule has 5 nitrogen and oxygen atoms in total. The Hall–Kier alpha value is -0.170. The molecule has 4 unspecified atom stereocenters. The molecule has 0 bridgehead atoms. The smallest absolute Gasteiger partial charge is 0.282 e. The Morgan fingerprint density at radius 3 is 2.55 bits per heavy atom. The van der Waals surface area contributed by atoms with Crippen molar-refractivity contribution in [2.75, 3.05) is 26.2 Å². The lowest BCUT2D eigenvalue weighted by Gasteiger charge is -2.43. The van der Waals surface area contributed by atoms with Crippen LogP contribution in [0.4, 0.5) is 0 Å². The third-order valence-electron chi connectivity index (χ3n) is 4.91. The van der Waals surface area contributed by atoms with Crippen LogP contribution in [-0.2, 0) is 10.2 Å². The van der Waals surface area contributed by atoms with Crippen LogP contribution in [0, 0.1) is 17.8 Å². The van der Waals surface area contributed by atoms with Crippen molar-refractivity contribution in [2.24, 2.45) is 17.8 Å². The van der Waals surface area contributed by atoms with E-state index in [2.05, 4.69) is 13.8 Å². The minimum Gasteiger partial charge on any atom is -0.396 e. The second-order valence-electron chi connectivity index (χ2n) is 6.69. The first-order valence-electron chi connectivity index (χ1n) is 7.74. The molecule has 1 N–H and O–H groups in total. The zero-order chi connectivity index (χ0) is 14.9. The van der Waals surface area contributed by atoms with E-state index in [1.807, 2.05) is 6.92 Å². The molecule has 0 aliphatic carbocycles. The van der Waals surface area contributed by atoms with Gasteiger partial charge in [-0.15, -0.1) is 0 Å². The Bertz CT molecular complexity index is 426. The molecule has 2 aliphatic heterocycles. The Morgan fingerprint density at radius 2 is 1.90 bits per heavy atom. The van der Waals surface area contributed by atoms with Gasteiger partial charge in [0.1, 0.15) is 0 Å². The van der Waals surface area contributed by atoms with Gasteiger partial charge in [-0.2, -0.15) is 17.0 Å². The van der Waals surface area contributed by atoms with Crippen molar-refractivity contribution in [1.82, 2.24) is 8.61 Å². The number of piperidine rings is 2. The molecule has 2 aliphatic rings. The van der Waals surface area contributed by atoms with Crippen LogP contribution in [-0.4, -0.2) is 54.4 Å². The number of rotatable bonds is 3. The second-order valence-corrected chi connectivity index (χ2v) is 8.57. The molecule has 2 rings (SSSR count). The molecule has 20 heavy (non-hydrogen) atoms. The Kier molecular flexibility index (Phi) is 5.10. The molecule has 0 amide bonds. The first-order chi connectivity index (χ1) is 9.36. The minimum atomic E-state index is -3.39. The normalized spacial score (nSPS) is 38.0. The number of aliphatic hydroxyl groups excluding tert-OH is 1. The van der Waals surface area contributed by atoms with Gasteiger partial charge in [0.05, 0.1) is 0 Å². The number of nitrogens with zero attached hydrogens (tertiary/aromatic N) is 2. The molecular formula is C14H28N2O3S. The number of aliphatic hydroxyl groups is 1. The maximum Gasteiger partial charge on any atom is 0.282 e. The van der Waals surface area contributed by atoms with Gasteiger partial charge in [-0.3, -0.25) is 0 Å². The van der Waals surface area contributed by atoms with Crippen molar-refractivity contribution in [3.8, 4) is 0 Å². The molecule has 6 heteroatoms. The molecule has 2 fully saturated rings. The van der Waals surface area contributed by atoms with Gasteiger partial charge >= 0.3 is 0 Å². The predicted octanol–water partition coefficient (Wildman–Crippen LogP) is 1.30. The van der Waals surface area contributed by atoms with E-state index in [4.69, 9.17) is 0 Å². The van der Waals surface area contributed by atoms with Crippen LogP contribution in [0.1, 0.15) is 40.0 Å². The Labute approximate surface area is 123 Å². The van der Waals surface area contributed by atoms with Gasteiger partial charge in [0.25, 0.3) is 10.2 Å². The maximum absolute atomic E-state index is 12.9. The van der Waals surface area contributed by atoms with Gasteiger partial charge in [0, 0.05) is 32.3 Å². The summed E-state index contributed by atoms with van der Waals surface area (Å²) < 4.78 is 29.0. The van der Waals surface area contributed by atoms with E-state index in [0.717, 1.165) is 19.3 Å². The second kappa shape index (κ2) is 6.30. The fourth-order valence-corrected chi connectivity index (χ4v) is 5.63. The number of hydrogen-bond donors (Lipinski definition) is 1. The summed E-state index contributed by atoms with van der Waals surface area (Å²) in [5, 5.41) is 9.29. The highest BCUT2D eigenvalue weighted by atomic mass is 32.2. The molecule has 0 aromatic rings. The van der Waals surface area contributed by atoms with E-state index in [-0.39, 0.29) is 18.6 Å². The van der Waals surface area contributed by atoms with Crippen LogP contribution in [0.5, 0.6) is 0 Å². The van der Waals surface area contributed by atoms with Crippen LogP contribution in [0.15, 0.2) is 0 Å². The molecule has 0 spiro atoms. The van der Waals surface area contributed by atoms with E-state index in [1.54, 1.807) is 8.61 Å². The van der Waals surface area contributed by atoms with Gasteiger partial charge in [-0.1, -0.05) is 13.8 Å². The molecule has 0 saturated carbocycles. The zero-order valence-corrected chi connectivity index (χ0v) is 13.6. The lowest BCUT2D eigenvalue weighted by Crippen LogP contribution is -2.55.